The third-order valence-electron chi connectivity index (χ3n) is 3.71. The first-order valence-electron chi connectivity index (χ1n) is 7.13. The van der Waals surface area contributed by atoms with E-state index in [0.717, 1.165) is 10.9 Å². The molecule has 1 aromatic carbocycles. The Kier molecular flexibility index (Phi) is 7.38. The summed E-state index contributed by atoms with van der Waals surface area (Å²) in [4.78, 5) is 0. The molecule has 0 aromatic heterocycles. The van der Waals surface area contributed by atoms with E-state index in [1.807, 2.05) is 19.2 Å². The minimum absolute atomic E-state index is 0.422. The average Bonchev–Trinajstić information content (AvgIpc) is 2.39. The molecule has 102 valence electrons. The molecule has 0 saturated carbocycles. The average molecular weight is 268 g/mol. The largest absolute Gasteiger partial charge is 0.313 e. The van der Waals surface area contributed by atoms with E-state index in [1.165, 1.54) is 37.7 Å². The minimum Gasteiger partial charge on any atom is -0.313 e. The van der Waals surface area contributed by atoms with Crippen LogP contribution in [-0.4, -0.2) is 7.05 Å². The van der Waals surface area contributed by atoms with Crippen LogP contribution in [0.15, 0.2) is 24.3 Å². The fraction of sp³-hybridized carbons (Fsp3) is 0.625. The summed E-state index contributed by atoms with van der Waals surface area (Å²) in [5.74, 6) is 0.807. The SMILES string of the molecule is CCCCC(CC)CC(NC)c1cccc(Cl)c1. The Morgan fingerprint density at radius 3 is 2.61 bits per heavy atom. The van der Waals surface area contributed by atoms with Crippen LogP contribution in [0.4, 0.5) is 0 Å². The summed E-state index contributed by atoms with van der Waals surface area (Å²) >= 11 is 6.07. The van der Waals surface area contributed by atoms with Gasteiger partial charge in [0.05, 0.1) is 0 Å². The zero-order valence-electron chi connectivity index (χ0n) is 11.9. The molecular weight excluding hydrogens is 242 g/mol. The first-order chi connectivity index (χ1) is 8.71. The van der Waals surface area contributed by atoms with Gasteiger partial charge in [0.25, 0.3) is 0 Å². The number of benzene rings is 1. The highest BCUT2D eigenvalue weighted by Crippen LogP contribution is 2.27. The van der Waals surface area contributed by atoms with Gasteiger partial charge in [-0.15, -0.1) is 0 Å². The highest BCUT2D eigenvalue weighted by atomic mass is 35.5. The molecule has 1 rings (SSSR count). The second-order valence-corrected chi connectivity index (χ2v) is 5.48. The van der Waals surface area contributed by atoms with Crippen molar-refractivity contribution in [2.24, 2.45) is 5.92 Å². The zero-order valence-corrected chi connectivity index (χ0v) is 12.6. The van der Waals surface area contributed by atoms with E-state index in [2.05, 4.69) is 31.3 Å². The van der Waals surface area contributed by atoms with Crippen molar-refractivity contribution in [2.45, 2.75) is 52.0 Å². The van der Waals surface area contributed by atoms with Crippen molar-refractivity contribution in [3.63, 3.8) is 0 Å². The van der Waals surface area contributed by atoms with Crippen LogP contribution in [0.1, 0.15) is 57.6 Å². The van der Waals surface area contributed by atoms with Crippen molar-refractivity contribution < 1.29 is 0 Å². The molecule has 0 aliphatic heterocycles. The summed E-state index contributed by atoms with van der Waals surface area (Å²) in [6.07, 6.45) is 6.43. The lowest BCUT2D eigenvalue weighted by atomic mass is 9.89. The second kappa shape index (κ2) is 8.55. The van der Waals surface area contributed by atoms with Crippen LogP contribution in [0.25, 0.3) is 0 Å². The number of halogens is 1. The standard InChI is InChI=1S/C16H26ClN/c1-4-6-8-13(5-2)11-16(18-3)14-9-7-10-15(17)12-14/h7,9-10,12-13,16,18H,4-6,8,11H2,1-3H3. The second-order valence-electron chi connectivity index (χ2n) is 5.05. The monoisotopic (exact) mass is 267 g/mol. The fourth-order valence-corrected chi connectivity index (χ4v) is 2.66. The van der Waals surface area contributed by atoms with E-state index in [9.17, 15) is 0 Å². The normalized spacial score (nSPS) is 14.4. The topological polar surface area (TPSA) is 12.0 Å². The Bertz CT molecular complexity index is 338. The summed E-state index contributed by atoms with van der Waals surface area (Å²) in [5.41, 5.74) is 1.31. The molecule has 0 spiro atoms. The molecule has 1 N–H and O–H groups in total. The first kappa shape index (κ1) is 15.5. The van der Waals surface area contributed by atoms with Gasteiger partial charge in [0.2, 0.25) is 0 Å². The predicted octanol–water partition coefficient (Wildman–Crippen LogP) is 5.21. The number of unbranched alkanes of at least 4 members (excludes halogenated alkanes) is 1. The molecule has 0 heterocycles. The van der Waals surface area contributed by atoms with Crippen molar-refractivity contribution in [3.8, 4) is 0 Å². The van der Waals surface area contributed by atoms with Gasteiger partial charge in [0.15, 0.2) is 0 Å². The highest BCUT2D eigenvalue weighted by molar-refractivity contribution is 6.30. The maximum atomic E-state index is 6.07. The highest BCUT2D eigenvalue weighted by Gasteiger charge is 2.15. The van der Waals surface area contributed by atoms with Gasteiger partial charge in [-0.1, -0.05) is 63.3 Å². The molecule has 0 bridgehead atoms. The van der Waals surface area contributed by atoms with Gasteiger partial charge in [0.1, 0.15) is 0 Å². The van der Waals surface area contributed by atoms with Gasteiger partial charge in [-0.2, -0.15) is 0 Å². The molecule has 18 heavy (non-hydrogen) atoms. The van der Waals surface area contributed by atoms with Gasteiger partial charge >= 0.3 is 0 Å². The maximum absolute atomic E-state index is 6.07. The first-order valence-corrected chi connectivity index (χ1v) is 7.51. The lowest BCUT2D eigenvalue weighted by molar-refractivity contribution is 0.365. The van der Waals surface area contributed by atoms with E-state index >= 15 is 0 Å². The van der Waals surface area contributed by atoms with Crippen molar-refractivity contribution in [2.75, 3.05) is 7.05 Å². The zero-order chi connectivity index (χ0) is 13.4. The predicted molar refractivity (Wildman–Crippen MR) is 81.2 cm³/mol. The Morgan fingerprint density at radius 2 is 2.06 bits per heavy atom. The lowest BCUT2D eigenvalue weighted by Gasteiger charge is -2.23. The summed E-state index contributed by atoms with van der Waals surface area (Å²) in [6.45, 7) is 4.56. The van der Waals surface area contributed by atoms with Gasteiger partial charge in [-0.25, -0.2) is 0 Å². The molecule has 2 unspecified atom stereocenters. The van der Waals surface area contributed by atoms with Gasteiger partial charge in [-0.05, 0) is 37.1 Å². The van der Waals surface area contributed by atoms with Gasteiger partial charge in [0, 0.05) is 11.1 Å². The third-order valence-corrected chi connectivity index (χ3v) is 3.95. The van der Waals surface area contributed by atoms with Crippen molar-refractivity contribution in [3.05, 3.63) is 34.9 Å². The molecule has 0 saturated heterocycles. The molecule has 0 aliphatic carbocycles. The molecule has 0 amide bonds. The molecular formula is C16H26ClN. The minimum atomic E-state index is 0.422. The van der Waals surface area contributed by atoms with Crippen LogP contribution in [0, 0.1) is 5.92 Å². The third kappa shape index (κ3) is 4.99. The van der Waals surface area contributed by atoms with Crippen LogP contribution in [0.3, 0.4) is 0 Å². The van der Waals surface area contributed by atoms with E-state index < -0.39 is 0 Å². The van der Waals surface area contributed by atoms with Gasteiger partial charge < -0.3 is 5.32 Å². The van der Waals surface area contributed by atoms with E-state index in [0.29, 0.717) is 6.04 Å². The number of nitrogens with one attached hydrogen (secondary N) is 1. The van der Waals surface area contributed by atoms with E-state index in [-0.39, 0.29) is 0 Å². The van der Waals surface area contributed by atoms with Crippen LogP contribution >= 0.6 is 11.6 Å². The molecule has 0 aliphatic rings. The van der Waals surface area contributed by atoms with Crippen LogP contribution in [0.2, 0.25) is 5.02 Å². The summed E-state index contributed by atoms with van der Waals surface area (Å²) in [5, 5.41) is 4.26. The van der Waals surface area contributed by atoms with E-state index in [4.69, 9.17) is 11.6 Å². The molecule has 2 atom stereocenters. The smallest absolute Gasteiger partial charge is 0.0409 e. The summed E-state index contributed by atoms with van der Waals surface area (Å²) in [7, 11) is 2.04. The summed E-state index contributed by atoms with van der Waals surface area (Å²) in [6, 6.07) is 8.64. The van der Waals surface area contributed by atoms with Crippen LogP contribution in [-0.2, 0) is 0 Å². The van der Waals surface area contributed by atoms with E-state index in [1.54, 1.807) is 0 Å². The molecule has 1 aromatic rings. The molecule has 2 heteroatoms. The van der Waals surface area contributed by atoms with Crippen molar-refractivity contribution in [1.29, 1.82) is 0 Å². The molecule has 0 fully saturated rings. The Labute approximate surface area is 117 Å². The van der Waals surface area contributed by atoms with Crippen LogP contribution in [0.5, 0.6) is 0 Å². The number of hydrogen-bond donors (Lipinski definition) is 1. The molecule has 0 radical (unpaired) electrons. The Morgan fingerprint density at radius 1 is 1.28 bits per heavy atom. The maximum Gasteiger partial charge on any atom is 0.0409 e. The number of rotatable bonds is 8. The molecule has 1 nitrogen and oxygen atoms in total. The lowest BCUT2D eigenvalue weighted by Crippen LogP contribution is -2.19. The van der Waals surface area contributed by atoms with Gasteiger partial charge in [-0.3, -0.25) is 0 Å². The Balaban J connectivity index is 2.65. The van der Waals surface area contributed by atoms with Crippen molar-refractivity contribution in [1.82, 2.24) is 5.32 Å². The quantitative estimate of drug-likeness (QED) is 0.682. The Hall–Kier alpha value is -0.530. The van der Waals surface area contributed by atoms with Crippen LogP contribution < -0.4 is 5.32 Å². The van der Waals surface area contributed by atoms with Crippen molar-refractivity contribution >= 4 is 11.6 Å². The number of hydrogen-bond acceptors (Lipinski definition) is 1. The fourth-order valence-electron chi connectivity index (χ4n) is 2.46. The summed E-state index contributed by atoms with van der Waals surface area (Å²) < 4.78 is 0.